The minimum Gasteiger partial charge on any atom is -0.486 e. The monoisotopic (exact) mass is 335 g/mol. The lowest BCUT2D eigenvalue weighted by atomic mass is 9.84. The van der Waals surface area contributed by atoms with Crippen molar-refractivity contribution in [3.05, 3.63) is 48.0 Å². The van der Waals surface area contributed by atoms with Crippen molar-refractivity contribution >= 4 is 5.69 Å². The topological polar surface area (TPSA) is 21.3 Å². The minimum atomic E-state index is 0.247. The van der Waals surface area contributed by atoms with Gasteiger partial charge in [0.05, 0.1) is 12.2 Å². The normalized spacial score (nSPS) is 20.7. The highest BCUT2D eigenvalue weighted by Gasteiger charge is 2.22. The molecule has 0 aromatic heterocycles. The summed E-state index contributed by atoms with van der Waals surface area (Å²) >= 11 is 0. The molecule has 1 N–H and O–H groups in total. The average molecular weight is 335 g/mol. The molecule has 25 heavy (non-hydrogen) atoms. The van der Waals surface area contributed by atoms with Gasteiger partial charge in [0.15, 0.2) is 0 Å². The second-order valence-electron chi connectivity index (χ2n) is 7.95. The molecule has 0 saturated heterocycles. The number of hydrogen-bond donors (Lipinski definition) is 1. The maximum atomic E-state index is 6.21. The zero-order chi connectivity index (χ0) is 17.2. The number of ether oxygens (including phenoxy) is 1. The van der Waals surface area contributed by atoms with E-state index < -0.39 is 0 Å². The second-order valence-corrected chi connectivity index (χ2v) is 7.95. The second kappa shape index (κ2) is 7.11. The lowest BCUT2D eigenvalue weighted by Gasteiger charge is -2.30. The lowest BCUT2D eigenvalue weighted by Crippen LogP contribution is -2.34. The third kappa shape index (κ3) is 3.53. The van der Waals surface area contributed by atoms with Gasteiger partial charge in [-0.15, -0.1) is 0 Å². The van der Waals surface area contributed by atoms with Crippen LogP contribution in [-0.2, 0) is 0 Å². The first-order valence-corrected chi connectivity index (χ1v) is 9.85. The Kier molecular flexibility index (Phi) is 4.70. The zero-order valence-corrected chi connectivity index (χ0v) is 15.4. The summed E-state index contributed by atoms with van der Waals surface area (Å²) < 4.78 is 6.21. The van der Waals surface area contributed by atoms with E-state index in [4.69, 9.17) is 4.74 Å². The third-order valence-electron chi connectivity index (χ3n) is 5.82. The van der Waals surface area contributed by atoms with Crippen LogP contribution in [0.4, 0.5) is 5.69 Å². The van der Waals surface area contributed by atoms with Crippen LogP contribution in [0.5, 0.6) is 5.75 Å². The largest absolute Gasteiger partial charge is 0.486 e. The van der Waals surface area contributed by atoms with Gasteiger partial charge >= 0.3 is 0 Å². The predicted molar refractivity (Wildman–Crippen MR) is 105 cm³/mol. The Bertz CT molecular complexity index is 713. The van der Waals surface area contributed by atoms with E-state index in [2.05, 4.69) is 61.6 Å². The molecule has 1 saturated carbocycles. The smallest absolute Gasteiger partial charge is 0.143 e. The van der Waals surface area contributed by atoms with Gasteiger partial charge in [-0.05, 0) is 53.5 Å². The number of benzene rings is 2. The highest BCUT2D eigenvalue weighted by atomic mass is 16.5. The number of nitrogens with one attached hydrogen (secondary N) is 1. The van der Waals surface area contributed by atoms with E-state index in [9.17, 15) is 0 Å². The Balaban J connectivity index is 1.55. The molecule has 0 spiro atoms. The van der Waals surface area contributed by atoms with Crippen molar-refractivity contribution in [1.82, 2.24) is 0 Å². The molecule has 2 aromatic carbocycles. The molecule has 0 radical (unpaired) electrons. The summed E-state index contributed by atoms with van der Waals surface area (Å²) in [7, 11) is 0. The van der Waals surface area contributed by atoms with Gasteiger partial charge in [0.25, 0.3) is 0 Å². The standard InChI is InChI=1S/C23H29NO/c1-16(2)23-15-24-21-13-12-20(14-22(21)25-23)19-10-8-18(9-11-19)17-6-4-3-5-7-17/h8-14,16-17,23-24H,3-7,15H2,1-2H3. The lowest BCUT2D eigenvalue weighted by molar-refractivity contribution is 0.156. The molecule has 132 valence electrons. The van der Waals surface area contributed by atoms with E-state index in [0.29, 0.717) is 5.92 Å². The van der Waals surface area contributed by atoms with Gasteiger partial charge in [-0.1, -0.05) is 63.4 Å². The summed E-state index contributed by atoms with van der Waals surface area (Å²) in [6, 6.07) is 15.8. The summed E-state index contributed by atoms with van der Waals surface area (Å²) in [6.07, 6.45) is 7.14. The van der Waals surface area contributed by atoms with Crippen molar-refractivity contribution in [2.75, 3.05) is 11.9 Å². The molecule has 1 unspecified atom stereocenters. The van der Waals surface area contributed by atoms with Crippen molar-refractivity contribution in [2.24, 2.45) is 5.92 Å². The van der Waals surface area contributed by atoms with Gasteiger partial charge in [-0.2, -0.15) is 0 Å². The molecule has 0 bridgehead atoms. The van der Waals surface area contributed by atoms with Crippen LogP contribution in [0, 0.1) is 5.92 Å². The number of fused-ring (bicyclic) bond motifs is 1. The Morgan fingerprint density at radius 1 is 0.920 bits per heavy atom. The molecular formula is C23H29NO. The summed E-state index contributed by atoms with van der Waals surface area (Å²) in [4.78, 5) is 0. The Hall–Kier alpha value is -1.96. The number of rotatable bonds is 3. The van der Waals surface area contributed by atoms with E-state index in [1.165, 1.54) is 48.8 Å². The maximum absolute atomic E-state index is 6.21. The molecule has 1 fully saturated rings. The van der Waals surface area contributed by atoms with Crippen LogP contribution in [0.2, 0.25) is 0 Å². The molecule has 2 nitrogen and oxygen atoms in total. The van der Waals surface area contributed by atoms with Crippen LogP contribution in [-0.4, -0.2) is 12.6 Å². The van der Waals surface area contributed by atoms with Crippen LogP contribution >= 0.6 is 0 Å². The van der Waals surface area contributed by atoms with Crippen LogP contribution in [0.1, 0.15) is 57.4 Å². The molecule has 1 atom stereocenters. The van der Waals surface area contributed by atoms with Crippen molar-refractivity contribution in [3.8, 4) is 16.9 Å². The van der Waals surface area contributed by atoms with Crippen molar-refractivity contribution in [1.29, 1.82) is 0 Å². The van der Waals surface area contributed by atoms with Crippen molar-refractivity contribution in [3.63, 3.8) is 0 Å². The van der Waals surface area contributed by atoms with Crippen LogP contribution in [0.15, 0.2) is 42.5 Å². The number of anilines is 1. The predicted octanol–water partition coefficient (Wildman–Crippen LogP) is 6.23. The number of hydrogen-bond acceptors (Lipinski definition) is 2. The summed E-state index contributed by atoms with van der Waals surface area (Å²) in [6.45, 7) is 5.32. The first-order chi connectivity index (χ1) is 12.2. The van der Waals surface area contributed by atoms with Gasteiger partial charge in [0.2, 0.25) is 0 Å². The molecule has 0 amide bonds. The SMILES string of the molecule is CC(C)C1CNc2ccc(-c3ccc(C4CCCCC4)cc3)cc2O1. The fraction of sp³-hybridized carbons (Fsp3) is 0.478. The van der Waals surface area contributed by atoms with Gasteiger partial charge in [0, 0.05) is 0 Å². The molecular weight excluding hydrogens is 306 g/mol. The maximum Gasteiger partial charge on any atom is 0.143 e. The highest BCUT2D eigenvalue weighted by molar-refractivity contribution is 5.71. The van der Waals surface area contributed by atoms with Crippen LogP contribution < -0.4 is 10.1 Å². The molecule has 2 heteroatoms. The fourth-order valence-corrected chi connectivity index (χ4v) is 4.12. The molecule has 4 rings (SSSR count). The van der Waals surface area contributed by atoms with E-state index >= 15 is 0 Å². The van der Waals surface area contributed by atoms with E-state index in [-0.39, 0.29) is 6.10 Å². The van der Waals surface area contributed by atoms with E-state index in [1.807, 2.05) is 0 Å². The van der Waals surface area contributed by atoms with Gasteiger partial charge in [-0.25, -0.2) is 0 Å². The van der Waals surface area contributed by atoms with Gasteiger partial charge in [-0.3, -0.25) is 0 Å². The van der Waals surface area contributed by atoms with Crippen LogP contribution in [0.25, 0.3) is 11.1 Å². The molecule has 2 aliphatic rings. The van der Waals surface area contributed by atoms with Crippen molar-refractivity contribution < 1.29 is 4.74 Å². The van der Waals surface area contributed by atoms with Gasteiger partial charge < -0.3 is 10.1 Å². The molecule has 2 aromatic rings. The Morgan fingerprint density at radius 3 is 2.36 bits per heavy atom. The summed E-state index contributed by atoms with van der Waals surface area (Å²) in [5, 5.41) is 3.50. The quantitative estimate of drug-likeness (QED) is 0.718. The minimum absolute atomic E-state index is 0.247. The van der Waals surface area contributed by atoms with Crippen molar-refractivity contribution in [2.45, 2.75) is 58.0 Å². The first kappa shape index (κ1) is 16.5. The Morgan fingerprint density at radius 2 is 1.64 bits per heavy atom. The first-order valence-electron chi connectivity index (χ1n) is 9.85. The molecule has 1 aliphatic carbocycles. The van der Waals surface area contributed by atoms with Gasteiger partial charge in [0.1, 0.15) is 11.9 Å². The fourth-order valence-electron chi connectivity index (χ4n) is 4.12. The summed E-state index contributed by atoms with van der Waals surface area (Å²) in [5.74, 6) is 2.27. The molecule has 1 aliphatic heterocycles. The Labute approximate surface area is 151 Å². The van der Waals surface area contributed by atoms with E-state index in [1.54, 1.807) is 0 Å². The average Bonchev–Trinajstić information content (AvgIpc) is 2.68. The third-order valence-corrected chi connectivity index (χ3v) is 5.82. The van der Waals surface area contributed by atoms with Crippen LogP contribution in [0.3, 0.4) is 0 Å². The zero-order valence-electron chi connectivity index (χ0n) is 15.4. The summed E-state index contributed by atoms with van der Waals surface area (Å²) in [5.41, 5.74) is 5.14. The van der Waals surface area contributed by atoms with E-state index in [0.717, 1.165) is 23.9 Å². The molecule has 1 heterocycles. The highest BCUT2D eigenvalue weighted by Crippen LogP contribution is 2.37.